The van der Waals surface area contributed by atoms with Gasteiger partial charge in [0.1, 0.15) is 27.2 Å². The second-order valence-electron chi connectivity index (χ2n) is 7.85. The van der Waals surface area contributed by atoms with Crippen LogP contribution in [0, 0.1) is 6.92 Å². The zero-order chi connectivity index (χ0) is 24.3. The van der Waals surface area contributed by atoms with Crippen LogP contribution in [0.3, 0.4) is 0 Å². The predicted molar refractivity (Wildman–Crippen MR) is 133 cm³/mol. The summed E-state index contributed by atoms with van der Waals surface area (Å²) in [5.74, 6) is 2.38. The van der Waals surface area contributed by atoms with Crippen LogP contribution in [0.4, 0.5) is 5.69 Å². The lowest BCUT2D eigenvalue weighted by atomic mass is 10.2. The largest absolute Gasteiger partial charge is 0.497 e. The summed E-state index contributed by atoms with van der Waals surface area (Å²) < 4.78 is 45.4. The van der Waals surface area contributed by atoms with Crippen LogP contribution >= 0.6 is 11.3 Å². The lowest BCUT2D eigenvalue weighted by Crippen LogP contribution is -2.30. The van der Waals surface area contributed by atoms with Gasteiger partial charge >= 0.3 is 0 Å². The molecule has 2 aromatic carbocycles. The summed E-state index contributed by atoms with van der Waals surface area (Å²) in [6.07, 6.45) is 0.0793. The molecule has 0 aliphatic rings. The van der Waals surface area contributed by atoms with Gasteiger partial charge in [0.2, 0.25) is 5.89 Å². The number of sulfonamides is 1. The van der Waals surface area contributed by atoms with E-state index in [-0.39, 0.29) is 16.9 Å². The third kappa shape index (κ3) is 5.10. The molecule has 0 unspecified atom stereocenters. The van der Waals surface area contributed by atoms with Crippen molar-refractivity contribution < 1.29 is 22.3 Å². The Labute approximate surface area is 203 Å². The van der Waals surface area contributed by atoms with E-state index in [2.05, 4.69) is 4.98 Å². The fraction of sp³-hybridized carbons (Fsp3) is 0.240. The van der Waals surface area contributed by atoms with Crippen LogP contribution in [0.2, 0.25) is 0 Å². The van der Waals surface area contributed by atoms with E-state index < -0.39 is 10.0 Å². The van der Waals surface area contributed by atoms with Crippen LogP contribution in [0.1, 0.15) is 25.3 Å². The molecule has 9 heteroatoms. The first-order valence-corrected chi connectivity index (χ1v) is 13.0. The van der Waals surface area contributed by atoms with Crippen molar-refractivity contribution in [3.05, 3.63) is 77.5 Å². The maximum absolute atomic E-state index is 13.5. The van der Waals surface area contributed by atoms with E-state index in [9.17, 15) is 8.42 Å². The number of benzene rings is 2. The van der Waals surface area contributed by atoms with E-state index in [0.717, 1.165) is 11.3 Å². The maximum Gasteiger partial charge on any atom is 0.274 e. The Bertz CT molecular complexity index is 1330. The summed E-state index contributed by atoms with van der Waals surface area (Å²) in [4.78, 5) is 4.63. The lowest BCUT2D eigenvalue weighted by Gasteiger charge is -2.23. The number of aryl methyl sites for hydroxylation is 1. The van der Waals surface area contributed by atoms with Crippen LogP contribution in [0.25, 0.3) is 11.5 Å². The molecule has 4 rings (SSSR count). The zero-order valence-corrected chi connectivity index (χ0v) is 21.0. The van der Waals surface area contributed by atoms with Gasteiger partial charge in [0.05, 0.1) is 25.4 Å². The quantitative estimate of drug-likeness (QED) is 0.286. The summed E-state index contributed by atoms with van der Waals surface area (Å²) in [5, 5.41) is 1.74. The lowest BCUT2D eigenvalue weighted by molar-refractivity contribution is 0.242. The number of aromatic nitrogens is 1. The number of hydrogen-bond donors (Lipinski definition) is 0. The summed E-state index contributed by atoms with van der Waals surface area (Å²) >= 11 is 1.17. The number of thiophene rings is 1. The Hall–Kier alpha value is -3.30. The van der Waals surface area contributed by atoms with Gasteiger partial charge in [-0.15, -0.1) is 11.3 Å². The van der Waals surface area contributed by atoms with Gasteiger partial charge in [-0.2, -0.15) is 0 Å². The minimum atomic E-state index is -3.81. The highest BCUT2D eigenvalue weighted by atomic mass is 32.2. The average molecular weight is 499 g/mol. The van der Waals surface area contributed by atoms with Gasteiger partial charge in [0, 0.05) is 5.56 Å². The van der Waals surface area contributed by atoms with E-state index in [1.54, 1.807) is 55.8 Å². The second kappa shape index (κ2) is 9.90. The van der Waals surface area contributed by atoms with Crippen molar-refractivity contribution in [2.24, 2.45) is 0 Å². The highest BCUT2D eigenvalue weighted by Crippen LogP contribution is 2.31. The van der Waals surface area contributed by atoms with Gasteiger partial charge in [-0.3, -0.25) is 4.31 Å². The first-order valence-electron chi connectivity index (χ1n) is 10.7. The van der Waals surface area contributed by atoms with Gasteiger partial charge < -0.3 is 13.9 Å². The number of ether oxygens (including phenoxy) is 2. The maximum atomic E-state index is 13.5. The topological polar surface area (TPSA) is 81.9 Å². The molecule has 2 aromatic heterocycles. The predicted octanol–water partition coefficient (Wildman–Crippen LogP) is 5.90. The average Bonchev–Trinajstić information content (AvgIpc) is 3.48. The standard InChI is InChI=1S/C25H26N2O5S2/c1-17(2)31-22-11-7-19(8-12-22)25-26-23(18(3)32-25)16-27(20-9-13-21(30-4)14-10-20)34(28,29)24-6-5-15-33-24/h5-15,17H,16H2,1-4H3. The minimum absolute atomic E-state index is 0.0242. The second-order valence-corrected chi connectivity index (χ2v) is 10.9. The Morgan fingerprint density at radius 3 is 2.29 bits per heavy atom. The molecular weight excluding hydrogens is 472 g/mol. The molecule has 0 saturated carbocycles. The van der Waals surface area contributed by atoms with Crippen LogP contribution in [-0.4, -0.2) is 26.6 Å². The number of nitrogens with zero attached hydrogens (tertiary/aromatic N) is 2. The van der Waals surface area contributed by atoms with Crippen molar-refractivity contribution in [1.82, 2.24) is 4.98 Å². The number of hydrogen-bond acceptors (Lipinski definition) is 7. The summed E-state index contributed by atoms with van der Waals surface area (Å²) in [6, 6.07) is 17.7. The van der Waals surface area contributed by atoms with Gasteiger partial charge in [0.15, 0.2) is 0 Å². The SMILES string of the molecule is COc1ccc(N(Cc2nc(-c3ccc(OC(C)C)cc3)oc2C)S(=O)(=O)c2cccs2)cc1. The van der Waals surface area contributed by atoms with Gasteiger partial charge in [-0.05, 0) is 80.7 Å². The van der Waals surface area contributed by atoms with Crippen LogP contribution in [0.5, 0.6) is 11.5 Å². The highest BCUT2D eigenvalue weighted by Gasteiger charge is 2.28. The molecule has 0 bridgehead atoms. The molecule has 4 aromatic rings. The van der Waals surface area contributed by atoms with E-state index in [1.807, 2.05) is 38.1 Å². The van der Waals surface area contributed by atoms with Gasteiger partial charge in [-0.1, -0.05) is 6.07 Å². The summed E-state index contributed by atoms with van der Waals surface area (Å²) in [5.41, 5.74) is 1.82. The van der Waals surface area contributed by atoms with E-state index in [1.165, 1.54) is 15.6 Å². The minimum Gasteiger partial charge on any atom is -0.497 e. The van der Waals surface area contributed by atoms with Crippen molar-refractivity contribution in [2.45, 2.75) is 37.6 Å². The van der Waals surface area contributed by atoms with Crippen LogP contribution in [0.15, 0.2) is 74.7 Å². The molecule has 2 heterocycles. The third-order valence-corrected chi connectivity index (χ3v) is 8.21. The molecule has 0 aliphatic heterocycles. The molecule has 178 valence electrons. The van der Waals surface area contributed by atoms with Crippen LogP contribution in [-0.2, 0) is 16.6 Å². The molecule has 0 saturated heterocycles. The fourth-order valence-electron chi connectivity index (χ4n) is 3.36. The molecular formula is C25H26N2O5S2. The molecule has 0 amide bonds. The Balaban J connectivity index is 1.67. The number of methoxy groups -OCH3 is 1. The van der Waals surface area contributed by atoms with Crippen molar-refractivity contribution in [2.75, 3.05) is 11.4 Å². The number of oxazole rings is 1. The smallest absolute Gasteiger partial charge is 0.274 e. The molecule has 7 nitrogen and oxygen atoms in total. The molecule has 0 atom stereocenters. The summed E-state index contributed by atoms with van der Waals surface area (Å²) in [6.45, 7) is 5.75. The Kier molecular flexibility index (Phi) is 6.95. The van der Waals surface area contributed by atoms with E-state index in [4.69, 9.17) is 13.9 Å². The number of rotatable bonds is 9. The monoisotopic (exact) mass is 498 g/mol. The van der Waals surface area contributed by atoms with Crippen molar-refractivity contribution in [3.63, 3.8) is 0 Å². The molecule has 0 fully saturated rings. The highest BCUT2D eigenvalue weighted by molar-refractivity contribution is 7.94. The Morgan fingerprint density at radius 2 is 1.71 bits per heavy atom. The summed E-state index contributed by atoms with van der Waals surface area (Å²) in [7, 11) is -2.24. The first-order chi connectivity index (χ1) is 16.3. The van der Waals surface area contributed by atoms with E-state index >= 15 is 0 Å². The van der Waals surface area contributed by atoms with Gasteiger partial charge in [0.25, 0.3) is 10.0 Å². The first kappa shape index (κ1) is 23.8. The molecule has 34 heavy (non-hydrogen) atoms. The fourth-order valence-corrected chi connectivity index (χ4v) is 5.90. The number of anilines is 1. The zero-order valence-electron chi connectivity index (χ0n) is 19.4. The van der Waals surface area contributed by atoms with Crippen molar-refractivity contribution >= 4 is 27.0 Å². The third-order valence-electron chi connectivity index (χ3n) is 5.06. The van der Waals surface area contributed by atoms with Crippen LogP contribution < -0.4 is 13.8 Å². The Morgan fingerprint density at radius 1 is 1.03 bits per heavy atom. The molecule has 0 spiro atoms. The van der Waals surface area contributed by atoms with E-state index in [0.29, 0.717) is 28.8 Å². The normalized spacial score (nSPS) is 11.6. The molecule has 0 N–H and O–H groups in total. The molecule has 0 radical (unpaired) electrons. The van der Waals surface area contributed by atoms with Gasteiger partial charge in [-0.25, -0.2) is 13.4 Å². The van der Waals surface area contributed by atoms with Crippen molar-refractivity contribution in [3.8, 4) is 23.0 Å². The molecule has 0 aliphatic carbocycles. The van der Waals surface area contributed by atoms with Crippen molar-refractivity contribution in [1.29, 1.82) is 0 Å².